The van der Waals surface area contributed by atoms with E-state index in [9.17, 15) is 9.59 Å². The van der Waals surface area contributed by atoms with Gasteiger partial charge in [-0.15, -0.1) is 0 Å². The first-order valence-corrected chi connectivity index (χ1v) is 7.34. The number of benzene rings is 1. The Bertz CT molecular complexity index is 524. The summed E-state index contributed by atoms with van der Waals surface area (Å²) >= 11 is 5.82. The molecule has 1 aliphatic carbocycles. The highest BCUT2D eigenvalue weighted by molar-refractivity contribution is 6.30. The Morgan fingerprint density at radius 1 is 1.24 bits per heavy atom. The van der Waals surface area contributed by atoms with E-state index in [0.29, 0.717) is 10.7 Å². The van der Waals surface area contributed by atoms with Gasteiger partial charge in [0.05, 0.1) is 0 Å². The van der Waals surface area contributed by atoms with Gasteiger partial charge >= 0.3 is 5.97 Å². The molecule has 0 radical (unpaired) electrons. The number of amides is 1. The lowest BCUT2D eigenvalue weighted by molar-refractivity contribution is -0.136. The van der Waals surface area contributed by atoms with Crippen molar-refractivity contribution in [3.8, 4) is 0 Å². The molecule has 2 rings (SSSR count). The fourth-order valence-corrected chi connectivity index (χ4v) is 2.86. The summed E-state index contributed by atoms with van der Waals surface area (Å²) in [7, 11) is 0. The number of hydrogen-bond donors (Lipinski definition) is 2. The van der Waals surface area contributed by atoms with Gasteiger partial charge in [-0.3, -0.25) is 9.59 Å². The summed E-state index contributed by atoms with van der Waals surface area (Å²) in [6, 6.07) is 6.54. The topological polar surface area (TPSA) is 83.6 Å². The van der Waals surface area contributed by atoms with Gasteiger partial charge in [-0.1, -0.05) is 24.4 Å². The van der Waals surface area contributed by atoms with Gasteiger partial charge in [0.15, 0.2) is 0 Å². The number of carbonyl (C=O) groups is 2. The Labute approximate surface area is 128 Å². The van der Waals surface area contributed by atoms with Crippen LogP contribution in [0.4, 0.5) is 5.69 Å². The van der Waals surface area contributed by atoms with E-state index in [-0.39, 0.29) is 18.9 Å². The minimum Gasteiger partial charge on any atom is -0.480 e. The Morgan fingerprint density at radius 3 is 2.33 bits per heavy atom. The third-order valence-electron chi connectivity index (χ3n) is 3.84. The second-order valence-corrected chi connectivity index (χ2v) is 6.03. The molecule has 1 aromatic rings. The lowest BCUT2D eigenvalue weighted by Crippen LogP contribution is -2.45. The number of carbonyl (C=O) groups excluding carboxylic acids is 1. The third-order valence-corrected chi connectivity index (χ3v) is 4.09. The average Bonchev–Trinajstić information content (AvgIpc) is 2.83. The number of hydrogen-bond acceptors (Lipinski definition) is 3. The molecule has 1 aliphatic rings. The molecule has 0 aliphatic heterocycles. The predicted molar refractivity (Wildman–Crippen MR) is 81.4 cm³/mol. The lowest BCUT2D eigenvalue weighted by atomic mass is 9.94. The number of carboxylic acid groups (broad SMARTS) is 1. The number of halogens is 1. The Balaban J connectivity index is 2.16. The minimum absolute atomic E-state index is 0.170. The average molecular weight is 311 g/mol. The Morgan fingerprint density at radius 2 is 1.81 bits per heavy atom. The zero-order chi connectivity index (χ0) is 15.5. The van der Waals surface area contributed by atoms with E-state index in [1.807, 2.05) is 0 Å². The first-order valence-electron chi connectivity index (χ1n) is 6.96. The molecule has 6 heteroatoms. The molecule has 1 aromatic carbocycles. The highest BCUT2D eigenvalue weighted by Gasteiger charge is 2.34. The number of rotatable bonds is 5. The maximum absolute atomic E-state index is 12.5. The van der Waals surface area contributed by atoms with E-state index < -0.39 is 11.5 Å². The largest absolute Gasteiger partial charge is 0.480 e. The second kappa shape index (κ2) is 6.45. The van der Waals surface area contributed by atoms with Crippen LogP contribution in [0.15, 0.2) is 24.3 Å². The maximum atomic E-state index is 12.5. The van der Waals surface area contributed by atoms with Gasteiger partial charge in [0, 0.05) is 22.7 Å². The molecule has 114 valence electrons. The molecule has 1 saturated carbocycles. The van der Waals surface area contributed by atoms with Crippen molar-refractivity contribution in [3.63, 3.8) is 0 Å². The van der Waals surface area contributed by atoms with Crippen molar-refractivity contribution in [2.45, 2.75) is 37.6 Å². The van der Waals surface area contributed by atoms with E-state index in [1.165, 1.54) is 4.90 Å². The molecule has 0 heterocycles. The number of carboxylic acids is 1. The van der Waals surface area contributed by atoms with Gasteiger partial charge in [-0.25, -0.2) is 0 Å². The smallest absolute Gasteiger partial charge is 0.323 e. The second-order valence-electron chi connectivity index (χ2n) is 5.60. The lowest BCUT2D eigenvalue weighted by Gasteiger charge is -2.28. The molecular formula is C15H19ClN2O3. The molecule has 0 bridgehead atoms. The molecule has 0 atom stereocenters. The van der Waals surface area contributed by atoms with Crippen molar-refractivity contribution in [2.75, 3.05) is 11.4 Å². The van der Waals surface area contributed by atoms with E-state index in [4.69, 9.17) is 22.4 Å². The molecule has 21 heavy (non-hydrogen) atoms. The van der Waals surface area contributed by atoms with Crippen molar-refractivity contribution < 1.29 is 14.7 Å². The quantitative estimate of drug-likeness (QED) is 0.875. The number of aliphatic carboxylic acids is 1. The number of nitrogens with two attached hydrogens (primary N) is 1. The first kappa shape index (κ1) is 15.8. The van der Waals surface area contributed by atoms with E-state index >= 15 is 0 Å². The normalized spacial score (nSPS) is 16.7. The van der Waals surface area contributed by atoms with Gasteiger partial charge in [-0.05, 0) is 37.1 Å². The summed E-state index contributed by atoms with van der Waals surface area (Å²) < 4.78 is 0. The van der Waals surface area contributed by atoms with Crippen LogP contribution < -0.4 is 10.6 Å². The van der Waals surface area contributed by atoms with Crippen LogP contribution in [-0.4, -0.2) is 29.1 Å². The minimum atomic E-state index is -1.06. The molecule has 0 spiro atoms. The fraction of sp³-hybridized carbons (Fsp3) is 0.467. The summed E-state index contributed by atoms with van der Waals surface area (Å²) in [5.74, 6) is -1.32. The first-order chi connectivity index (χ1) is 9.89. The Hall–Kier alpha value is -1.59. The summed E-state index contributed by atoms with van der Waals surface area (Å²) in [5.41, 5.74) is 6.24. The number of anilines is 1. The van der Waals surface area contributed by atoms with Crippen molar-refractivity contribution in [1.29, 1.82) is 0 Å². The molecule has 1 amide bonds. The van der Waals surface area contributed by atoms with E-state index in [0.717, 1.165) is 25.7 Å². The summed E-state index contributed by atoms with van der Waals surface area (Å²) in [4.78, 5) is 24.8. The van der Waals surface area contributed by atoms with Gasteiger partial charge in [0.2, 0.25) is 5.91 Å². The molecule has 0 saturated heterocycles. The predicted octanol–water partition coefficient (Wildman–Crippen LogP) is 2.42. The maximum Gasteiger partial charge on any atom is 0.323 e. The van der Waals surface area contributed by atoms with Gasteiger partial charge in [0.25, 0.3) is 0 Å². The van der Waals surface area contributed by atoms with Crippen molar-refractivity contribution >= 4 is 29.2 Å². The van der Waals surface area contributed by atoms with Crippen LogP contribution in [0, 0.1) is 0 Å². The highest BCUT2D eigenvalue weighted by atomic mass is 35.5. The third kappa shape index (κ3) is 4.19. The molecule has 0 aromatic heterocycles. The van der Waals surface area contributed by atoms with Crippen LogP contribution in [-0.2, 0) is 9.59 Å². The zero-order valence-electron chi connectivity index (χ0n) is 11.7. The van der Waals surface area contributed by atoms with Crippen molar-refractivity contribution in [2.24, 2.45) is 5.73 Å². The monoisotopic (exact) mass is 310 g/mol. The zero-order valence-corrected chi connectivity index (χ0v) is 12.5. The van der Waals surface area contributed by atoms with Crippen LogP contribution in [0.1, 0.15) is 32.1 Å². The van der Waals surface area contributed by atoms with E-state index in [1.54, 1.807) is 24.3 Å². The van der Waals surface area contributed by atoms with Crippen LogP contribution in [0.3, 0.4) is 0 Å². The molecular weight excluding hydrogens is 292 g/mol. The Kier molecular flexibility index (Phi) is 4.85. The summed E-state index contributed by atoms with van der Waals surface area (Å²) in [6.07, 6.45) is 3.82. The van der Waals surface area contributed by atoms with Crippen molar-refractivity contribution in [1.82, 2.24) is 0 Å². The number of nitrogens with zero attached hydrogens (tertiary/aromatic N) is 1. The van der Waals surface area contributed by atoms with Crippen LogP contribution >= 0.6 is 11.6 Å². The van der Waals surface area contributed by atoms with Gasteiger partial charge < -0.3 is 15.7 Å². The summed E-state index contributed by atoms with van der Waals surface area (Å²) in [5, 5.41) is 9.56. The molecule has 1 fully saturated rings. The SMILES string of the molecule is NC1(CC(=O)N(CC(=O)O)c2ccc(Cl)cc2)CCCC1. The summed E-state index contributed by atoms with van der Waals surface area (Å²) in [6.45, 7) is -0.378. The fourth-order valence-electron chi connectivity index (χ4n) is 2.73. The highest BCUT2D eigenvalue weighted by Crippen LogP contribution is 2.31. The van der Waals surface area contributed by atoms with E-state index in [2.05, 4.69) is 0 Å². The standard InChI is InChI=1S/C15H19ClN2O3/c16-11-3-5-12(6-4-11)18(10-14(20)21)13(19)9-15(17)7-1-2-8-15/h3-6H,1-2,7-10,17H2,(H,20,21). The molecule has 0 unspecified atom stereocenters. The van der Waals surface area contributed by atoms with Crippen molar-refractivity contribution in [3.05, 3.63) is 29.3 Å². The molecule has 5 nitrogen and oxygen atoms in total. The van der Waals surface area contributed by atoms with Crippen LogP contribution in [0.5, 0.6) is 0 Å². The van der Waals surface area contributed by atoms with Crippen LogP contribution in [0.25, 0.3) is 0 Å². The van der Waals surface area contributed by atoms with Gasteiger partial charge in [0.1, 0.15) is 6.54 Å². The van der Waals surface area contributed by atoms with Gasteiger partial charge in [-0.2, -0.15) is 0 Å². The molecule has 3 N–H and O–H groups in total. The van der Waals surface area contributed by atoms with Crippen LogP contribution in [0.2, 0.25) is 5.02 Å².